The summed E-state index contributed by atoms with van der Waals surface area (Å²) in [5.41, 5.74) is 2.18. The average molecular weight is 405 g/mol. The van der Waals surface area contributed by atoms with Gasteiger partial charge >= 0.3 is 0 Å². The first-order chi connectivity index (χ1) is 14.0. The highest BCUT2D eigenvalue weighted by molar-refractivity contribution is 5.82. The van der Waals surface area contributed by atoms with Crippen LogP contribution in [0, 0.1) is 13.8 Å². The Hall–Kier alpha value is -1.44. The van der Waals surface area contributed by atoms with Crippen LogP contribution in [0.3, 0.4) is 0 Å². The van der Waals surface area contributed by atoms with Gasteiger partial charge in [-0.05, 0) is 59.0 Å². The fourth-order valence-corrected chi connectivity index (χ4v) is 5.40. The van der Waals surface area contributed by atoms with Gasteiger partial charge in [-0.3, -0.25) is 14.6 Å². The molecule has 0 aromatic carbocycles. The zero-order valence-corrected chi connectivity index (χ0v) is 17.9. The molecule has 1 saturated carbocycles. The van der Waals surface area contributed by atoms with E-state index in [2.05, 4.69) is 20.3 Å². The zero-order valence-electron chi connectivity index (χ0n) is 17.9. The Bertz CT molecular complexity index is 673. The number of aliphatic hydroxyl groups excluding tert-OH is 1. The molecule has 7 nitrogen and oxygen atoms in total. The number of hydrogen-bond acceptors (Lipinski definition) is 6. The highest BCUT2D eigenvalue weighted by atomic mass is 16.5. The highest BCUT2D eigenvalue weighted by Crippen LogP contribution is 2.28. The van der Waals surface area contributed by atoms with Crippen molar-refractivity contribution in [3.63, 3.8) is 0 Å². The quantitative estimate of drug-likeness (QED) is 0.783. The maximum absolute atomic E-state index is 13.0. The second-order valence-corrected chi connectivity index (χ2v) is 9.26. The van der Waals surface area contributed by atoms with Crippen LogP contribution >= 0.6 is 0 Å². The van der Waals surface area contributed by atoms with Crippen molar-refractivity contribution in [2.45, 2.75) is 96.0 Å². The summed E-state index contributed by atoms with van der Waals surface area (Å²) in [4.78, 5) is 17.7. The second kappa shape index (κ2) is 9.14. The summed E-state index contributed by atoms with van der Waals surface area (Å²) in [6, 6.07) is 0.522. The molecule has 0 spiro atoms. The van der Waals surface area contributed by atoms with Crippen LogP contribution in [0.4, 0.5) is 0 Å². The number of nitrogens with one attached hydrogen (secondary N) is 1. The average Bonchev–Trinajstić information content (AvgIpc) is 3.27. The minimum atomic E-state index is -0.391. The number of aromatic nitrogens is 1. The summed E-state index contributed by atoms with van der Waals surface area (Å²) >= 11 is 0. The molecular weight excluding hydrogens is 368 g/mol. The zero-order chi connectivity index (χ0) is 20.4. The fourth-order valence-electron chi connectivity index (χ4n) is 5.40. The molecule has 29 heavy (non-hydrogen) atoms. The molecule has 2 aliphatic heterocycles. The molecule has 0 radical (unpaired) electrons. The van der Waals surface area contributed by atoms with E-state index >= 15 is 0 Å². The number of hydrogen-bond donors (Lipinski definition) is 2. The van der Waals surface area contributed by atoms with Gasteiger partial charge in [0.2, 0.25) is 5.91 Å². The number of aliphatic hydroxyl groups is 1. The largest absolute Gasteiger partial charge is 0.392 e. The number of nitrogens with zero attached hydrogens (tertiary/aromatic N) is 3. The van der Waals surface area contributed by atoms with Crippen LogP contribution in [-0.4, -0.2) is 69.8 Å². The van der Waals surface area contributed by atoms with Gasteiger partial charge in [-0.2, -0.15) is 0 Å². The maximum Gasteiger partial charge on any atom is 0.237 e. The molecule has 7 heteroatoms. The molecule has 1 amide bonds. The van der Waals surface area contributed by atoms with Crippen LogP contribution in [0.2, 0.25) is 0 Å². The van der Waals surface area contributed by atoms with Crippen molar-refractivity contribution in [2.24, 2.45) is 0 Å². The molecule has 1 aromatic rings. The Morgan fingerprint density at radius 1 is 1.17 bits per heavy atom. The number of carbonyl (C=O) groups is 1. The lowest BCUT2D eigenvalue weighted by molar-refractivity contribution is -0.127. The first-order valence-electron chi connectivity index (χ1n) is 11.4. The molecule has 1 aromatic heterocycles. The predicted molar refractivity (Wildman–Crippen MR) is 110 cm³/mol. The molecule has 162 valence electrons. The Morgan fingerprint density at radius 2 is 1.90 bits per heavy atom. The summed E-state index contributed by atoms with van der Waals surface area (Å²) in [5, 5.41) is 17.6. The first kappa shape index (κ1) is 20.8. The lowest BCUT2D eigenvalue weighted by Gasteiger charge is -2.39. The normalized spacial score (nSPS) is 28.1. The molecule has 4 rings (SSSR count). The third kappa shape index (κ3) is 4.84. The van der Waals surface area contributed by atoms with Crippen LogP contribution < -0.4 is 5.32 Å². The number of likely N-dealkylation sites (tertiary alicyclic amines) is 2. The van der Waals surface area contributed by atoms with Crippen molar-refractivity contribution in [2.75, 3.05) is 19.6 Å². The Labute approximate surface area is 173 Å². The molecule has 0 unspecified atom stereocenters. The van der Waals surface area contributed by atoms with Crippen molar-refractivity contribution in [1.82, 2.24) is 20.3 Å². The van der Waals surface area contributed by atoms with Gasteiger partial charge in [-0.25, -0.2) is 0 Å². The summed E-state index contributed by atoms with van der Waals surface area (Å²) in [7, 11) is 0. The fraction of sp³-hybridized carbons (Fsp3) is 0.818. The monoisotopic (exact) mass is 404 g/mol. The van der Waals surface area contributed by atoms with Gasteiger partial charge in [-0.15, -0.1) is 0 Å². The smallest absolute Gasteiger partial charge is 0.237 e. The van der Waals surface area contributed by atoms with E-state index in [1.807, 2.05) is 13.8 Å². The Balaban J connectivity index is 1.32. The van der Waals surface area contributed by atoms with Crippen molar-refractivity contribution in [1.29, 1.82) is 0 Å². The summed E-state index contributed by atoms with van der Waals surface area (Å²) < 4.78 is 5.30. The van der Waals surface area contributed by atoms with Crippen molar-refractivity contribution in [3.05, 3.63) is 17.0 Å². The molecule has 2 atom stereocenters. The number of piperidine rings is 1. The van der Waals surface area contributed by atoms with E-state index in [0.29, 0.717) is 25.0 Å². The van der Waals surface area contributed by atoms with Crippen molar-refractivity contribution < 1.29 is 14.4 Å². The summed E-state index contributed by atoms with van der Waals surface area (Å²) in [6.45, 7) is 7.47. The van der Waals surface area contributed by atoms with Gasteiger partial charge in [0.25, 0.3) is 0 Å². The molecular formula is C22H36N4O3. The summed E-state index contributed by atoms with van der Waals surface area (Å²) in [5.74, 6) is 1.04. The van der Waals surface area contributed by atoms with E-state index in [1.165, 1.54) is 24.8 Å². The molecule has 3 fully saturated rings. The third-order valence-electron chi connectivity index (χ3n) is 7.16. The standard InChI is InChI=1S/C22H36N4O3/c1-15-20(16(2)29-24-15)14-25-10-8-18(9-11-25)26-13-19(27)12-21(26)22(28)23-17-6-4-3-5-7-17/h17-19,21,27H,3-14H2,1-2H3,(H,23,28)/t19-,21+/m1/s1. The van der Waals surface area contributed by atoms with Crippen LogP contribution in [0.25, 0.3) is 0 Å². The van der Waals surface area contributed by atoms with E-state index in [9.17, 15) is 9.90 Å². The second-order valence-electron chi connectivity index (χ2n) is 9.26. The molecule has 3 aliphatic rings. The Morgan fingerprint density at radius 3 is 2.55 bits per heavy atom. The third-order valence-corrected chi connectivity index (χ3v) is 7.16. The van der Waals surface area contributed by atoms with Crippen LogP contribution in [0.5, 0.6) is 0 Å². The van der Waals surface area contributed by atoms with E-state index in [4.69, 9.17) is 4.52 Å². The maximum atomic E-state index is 13.0. The SMILES string of the molecule is Cc1noc(C)c1CN1CCC(N2C[C@H](O)C[C@H]2C(=O)NC2CCCCC2)CC1. The van der Waals surface area contributed by atoms with Gasteiger partial charge < -0.3 is 14.9 Å². The number of aryl methyl sites for hydroxylation is 2. The van der Waals surface area contributed by atoms with E-state index in [0.717, 1.165) is 56.8 Å². The first-order valence-corrected chi connectivity index (χ1v) is 11.4. The molecule has 1 aliphatic carbocycles. The molecule has 3 heterocycles. The number of carbonyl (C=O) groups excluding carboxylic acids is 1. The summed E-state index contributed by atoms with van der Waals surface area (Å²) in [6.07, 6.45) is 8.15. The van der Waals surface area contributed by atoms with E-state index < -0.39 is 6.10 Å². The lowest BCUT2D eigenvalue weighted by Crippen LogP contribution is -2.53. The van der Waals surface area contributed by atoms with Crippen molar-refractivity contribution in [3.8, 4) is 0 Å². The van der Waals surface area contributed by atoms with Gasteiger partial charge in [0.05, 0.1) is 17.8 Å². The topological polar surface area (TPSA) is 81.8 Å². The number of amides is 1. The van der Waals surface area contributed by atoms with Crippen LogP contribution in [-0.2, 0) is 11.3 Å². The van der Waals surface area contributed by atoms with Gasteiger partial charge in [-0.1, -0.05) is 24.4 Å². The van der Waals surface area contributed by atoms with Crippen LogP contribution in [0.1, 0.15) is 68.4 Å². The minimum Gasteiger partial charge on any atom is -0.392 e. The Kier molecular flexibility index (Phi) is 6.56. The minimum absolute atomic E-state index is 0.131. The predicted octanol–water partition coefficient (Wildman–Crippen LogP) is 2.14. The van der Waals surface area contributed by atoms with E-state index in [-0.39, 0.29) is 11.9 Å². The highest BCUT2D eigenvalue weighted by Gasteiger charge is 2.41. The lowest BCUT2D eigenvalue weighted by atomic mass is 9.95. The van der Waals surface area contributed by atoms with Crippen LogP contribution in [0.15, 0.2) is 4.52 Å². The number of β-amino-alcohol motifs (C(OH)–C–C–N with tert-alkyl or cyclic N) is 1. The molecule has 2 saturated heterocycles. The van der Waals surface area contributed by atoms with Gasteiger partial charge in [0.15, 0.2) is 0 Å². The van der Waals surface area contributed by atoms with E-state index in [1.54, 1.807) is 0 Å². The van der Waals surface area contributed by atoms with Gasteiger partial charge in [0, 0.05) is 30.7 Å². The molecule has 2 N–H and O–H groups in total. The number of rotatable bonds is 5. The molecule has 0 bridgehead atoms. The van der Waals surface area contributed by atoms with Crippen molar-refractivity contribution >= 4 is 5.91 Å². The van der Waals surface area contributed by atoms with Gasteiger partial charge in [0.1, 0.15) is 5.76 Å².